The molecule has 0 saturated carbocycles. The number of nitrogens with one attached hydrogen (secondary N) is 2. The van der Waals surface area contributed by atoms with Crippen LogP contribution < -0.4 is 9.44 Å². The Labute approximate surface area is 143 Å². The van der Waals surface area contributed by atoms with E-state index in [1.54, 1.807) is 18.2 Å². The highest BCUT2D eigenvalue weighted by molar-refractivity contribution is 7.92. The highest BCUT2D eigenvalue weighted by Crippen LogP contribution is 2.19. The molecule has 0 aromatic heterocycles. The smallest absolute Gasteiger partial charge is 0.261 e. The van der Waals surface area contributed by atoms with Crippen LogP contribution in [-0.2, 0) is 20.0 Å². The fraction of sp³-hybridized carbons (Fsp3) is 0.250. The summed E-state index contributed by atoms with van der Waals surface area (Å²) in [5, 5.41) is 0. The van der Waals surface area contributed by atoms with E-state index in [-0.39, 0.29) is 15.5 Å². The van der Waals surface area contributed by atoms with Gasteiger partial charge in [-0.3, -0.25) is 4.72 Å². The molecular formula is C16H20N2O4S2. The minimum absolute atomic E-state index is 0.0202. The summed E-state index contributed by atoms with van der Waals surface area (Å²) < 4.78 is 53.9. The van der Waals surface area contributed by atoms with Crippen molar-refractivity contribution in [1.29, 1.82) is 0 Å². The molecule has 0 aliphatic heterocycles. The third-order valence-electron chi connectivity index (χ3n) is 3.27. The zero-order valence-corrected chi connectivity index (χ0v) is 14.9. The third kappa shape index (κ3) is 4.80. The van der Waals surface area contributed by atoms with E-state index in [0.717, 1.165) is 12.8 Å². The number of benzene rings is 2. The normalized spacial score (nSPS) is 12.0. The van der Waals surface area contributed by atoms with Crippen LogP contribution >= 0.6 is 0 Å². The molecule has 2 N–H and O–H groups in total. The highest BCUT2D eigenvalue weighted by atomic mass is 32.2. The lowest BCUT2D eigenvalue weighted by molar-refractivity contribution is 0.578. The van der Waals surface area contributed by atoms with Crippen LogP contribution in [-0.4, -0.2) is 23.4 Å². The minimum Gasteiger partial charge on any atom is -0.280 e. The SMILES string of the molecule is CCCCNS(=O)(=O)c1cccc(NS(=O)(=O)c2ccccc2)c1. The van der Waals surface area contributed by atoms with E-state index in [1.807, 2.05) is 6.92 Å². The molecule has 130 valence electrons. The lowest BCUT2D eigenvalue weighted by Crippen LogP contribution is -2.24. The van der Waals surface area contributed by atoms with E-state index in [2.05, 4.69) is 9.44 Å². The number of rotatable bonds is 8. The Hall–Kier alpha value is -1.90. The summed E-state index contributed by atoms with van der Waals surface area (Å²) in [5.41, 5.74) is 0.192. The van der Waals surface area contributed by atoms with E-state index < -0.39 is 20.0 Å². The predicted octanol–water partition coefficient (Wildman–Crippen LogP) is 2.57. The van der Waals surface area contributed by atoms with Crippen molar-refractivity contribution in [3.8, 4) is 0 Å². The fourth-order valence-electron chi connectivity index (χ4n) is 2.01. The maximum atomic E-state index is 12.3. The molecule has 0 heterocycles. The first-order valence-electron chi connectivity index (χ1n) is 7.53. The summed E-state index contributed by atoms with van der Waals surface area (Å²) in [4.78, 5) is 0.131. The molecule has 0 saturated heterocycles. The summed E-state index contributed by atoms with van der Waals surface area (Å²) in [5.74, 6) is 0. The van der Waals surface area contributed by atoms with Gasteiger partial charge < -0.3 is 0 Å². The van der Waals surface area contributed by atoms with Gasteiger partial charge in [0.05, 0.1) is 15.5 Å². The molecule has 24 heavy (non-hydrogen) atoms. The van der Waals surface area contributed by atoms with Gasteiger partial charge in [0.1, 0.15) is 0 Å². The lowest BCUT2D eigenvalue weighted by atomic mass is 10.3. The van der Waals surface area contributed by atoms with Crippen LogP contribution in [0.15, 0.2) is 64.4 Å². The quantitative estimate of drug-likeness (QED) is 0.701. The van der Waals surface area contributed by atoms with Crippen LogP contribution in [0.4, 0.5) is 5.69 Å². The van der Waals surface area contributed by atoms with Gasteiger partial charge in [-0.15, -0.1) is 0 Å². The Morgan fingerprint density at radius 3 is 2.17 bits per heavy atom. The van der Waals surface area contributed by atoms with Crippen LogP contribution in [0, 0.1) is 0 Å². The van der Waals surface area contributed by atoms with Crippen molar-refractivity contribution < 1.29 is 16.8 Å². The Morgan fingerprint density at radius 2 is 1.50 bits per heavy atom. The zero-order chi connectivity index (χ0) is 17.6. The van der Waals surface area contributed by atoms with Crippen molar-refractivity contribution in [3.63, 3.8) is 0 Å². The molecule has 2 aromatic rings. The second kappa shape index (κ2) is 7.78. The van der Waals surface area contributed by atoms with Crippen molar-refractivity contribution in [1.82, 2.24) is 4.72 Å². The second-order valence-corrected chi connectivity index (χ2v) is 8.65. The molecule has 0 aliphatic rings. The fourth-order valence-corrected chi connectivity index (χ4v) is 4.20. The topological polar surface area (TPSA) is 92.3 Å². The Bertz CT molecular complexity index is 879. The lowest BCUT2D eigenvalue weighted by Gasteiger charge is -2.10. The standard InChI is InChI=1S/C16H20N2O4S2/c1-2-3-12-17-23(19,20)16-11-7-8-14(13-16)18-24(21,22)15-9-5-4-6-10-15/h4-11,13,17-18H,2-3,12H2,1H3. The van der Waals surface area contributed by atoms with Gasteiger partial charge in [0.15, 0.2) is 0 Å². The number of hydrogen-bond donors (Lipinski definition) is 2. The molecule has 6 nitrogen and oxygen atoms in total. The molecule has 0 fully saturated rings. The van der Waals surface area contributed by atoms with Gasteiger partial charge in [0.2, 0.25) is 10.0 Å². The van der Waals surface area contributed by atoms with Crippen LogP contribution in [0.25, 0.3) is 0 Å². The Kier molecular flexibility index (Phi) is 5.98. The van der Waals surface area contributed by atoms with Crippen molar-refractivity contribution in [2.45, 2.75) is 29.6 Å². The van der Waals surface area contributed by atoms with Crippen LogP contribution in [0.1, 0.15) is 19.8 Å². The van der Waals surface area contributed by atoms with Gasteiger partial charge in [-0.2, -0.15) is 0 Å². The molecule has 2 rings (SSSR count). The summed E-state index contributed by atoms with van der Waals surface area (Å²) in [6.07, 6.45) is 1.61. The summed E-state index contributed by atoms with van der Waals surface area (Å²) in [6.45, 7) is 2.31. The molecule has 8 heteroatoms. The maximum absolute atomic E-state index is 12.3. The first-order chi connectivity index (χ1) is 11.3. The molecule has 0 radical (unpaired) electrons. The largest absolute Gasteiger partial charge is 0.280 e. The van der Waals surface area contributed by atoms with Crippen LogP contribution in [0.5, 0.6) is 0 Å². The molecule has 0 bridgehead atoms. The van der Waals surface area contributed by atoms with E-state index in [4.69, 9.17) is 0 Å². The predicted molar refractivity (Wildman–Crippen MR) is 93.8 cm³/mol. The van der Waals surface area contributed by atoms with E-state index in [9.17, 15) is 16.8 Å². The number of sulfonamides is 2. The molecule has 2 aromatic carbocycles. The molecule has 0 spiro atoms. The highest BCUT2D eigenvalue weighted by Gasteiger charge is 2.17. The second-order valence-electron chi connectivity index (χ2n) is 5.20. The van der Waals surface area contributed by atoms with Crippen LogP contribution in [0.3, 0.4) is 0 Å². The van der Waals surface area contributed by atoms with Gasteiger partial charge in [0.25, 0.3) is 10.0 Å². The van der Waals surface area contributed by atoms with Crippen molar-refractivity contribution in [2.75, 3.05) is 11.3 Å². The summed E-state index contributed by atoms with van der Waals surface area (Å²) in [6, 6.07) is 13.6. The number of hydrogen-bond acceptors (Lipinski definition) is 4. The van der Waals surface area contributed by atoms with Gasteiger partial charge in [-0.25, -0.2) is 21.6 Å². The van der Waals surface area contributed by atoms with Gasteiger partial charge >= 0.3 is 0 Å². The Balaban J connectivity index is 2.22. The van der Waals surface area contributed by atoms with E-state index in [0.29, 0.717) is 6.54 Å². The molecule has 0 unspecified atom stereocenters. The number of anilines is 1. The molecular weight excluding hydrogens is 348 g/mol. The summed E-state index contributed by atoms with van der Waals surface area (Å²) >= 11 is 0. The summed E-state index contributed by atoms with van der Waals surface area (Å²) in [7, 11) is -7.42. The van der Waals surface area contributed by atoms with Crippen molar-refractivity contribution >= 4 is 25.7 Å². The molecule has 0 amide bonds. The van der Waals surface area contributed by atoms with Crippen molar-refractivity contribution in [3.05, 3.63) is 54.6 Å². The molecule has 0 atom stereocenters. The third-order valence-corrected chi connectivity index (χ3v) is 6.13. The van der Waals surface area contributed by atoms with E-state index >= 15 is 0 Å². The molecule has 0 aliphatic carbocycles. The number of unbranched alkanes of at least 4 members (excludes halogenated alkanes) is 1. The average molecular weight is 368 g/mol. The van der Waals surface area contributed by atoms with E-state index in [1.165, 1.54) is 36.4 Å². The zero-order valence-electron chi connectivity index (χ0n) is 13.3. The van der Waals surface area contributed by atoms with Crippen LogP contribution in [0.2, 0.25) is 0 Å². The van der Waals surface area contributed by atoms with Gasteiger partial charge in [-0.05, 0) is 36.8 Å². The Morgan fingerprint density at radius 1 is 0.833 bits per heavy atom. The van der Waals surface area contributed by atoms with Crippen molar-refractivity contribution in [2.24, 2.45) is 0 Å². The average Bonchev–Trinajstić information content (AvgIpc) is 2.56. The first-order valence-corrected chi connectivity index (χ1v) is 10.5. The van der Waals surface area contributed by atoms with Gasteiger partial charge in [0, 0.05) is 6.54 Å². The minimum atomic E-state index is -3.76. The monoisotopic (exact) mass is 368 g/mol. The van der Waals surface area contributed by atoms with Gasteiger partial charge in [-0.1, -0.05) is 37.6 Å². The maximum Gasteiger partial charge on any atom is 0.261 e. The first kappa shape index (κ1) is 18.4.